The van der Waals surface area contributed by atoms with E-state index in [4.69, 9.17) is 4.74 Å². The van der Waals surface area contributed by atoms with Crippen molar-refractivity contribution in [3.63, 3.8) is 0 Å². The Morgan fingerprint density at radius 3 is 3.11 bits per heavy atom. The summed E-state index contributed by atoms with van der Waals surface area (Å²) >= 11 is 1.56. The van der Waals surface area contributed by atoms with Crippen LogP contribution in [0.5, 0.6) is 0 Å². The first-order valence-corrected chi connectivity index (χ1v) is 6.52. The number of hydrogen-bond acceptors (Lipinski definition) is 7. The zero-order valence-corrected chi connectivity index (χ0v) is 11.1. The fourth-order valence-corrected chi connectivity index (χ4v) is 2.80. The van der Waals surface area contributed by atoms with Gasteiger partial charge in [0.2, 0.25) is 5.95 Å². The predicted molar refractivity (Wildman–Crippen MR) is 68.6 cm³/mol. The van der Waals surface area contributed by atoms with E-state index < -0.39 is 0 Å². The van der Waals surface area contributed by atoms with Crippen molar-refractivity contribution < 1.29 is 9.53 Å². The molecule has 2 aromatic rings. The molecule has 0 radical (unpaired) electrons. The minimum atomic E-state index is -0.387. The Kier molecular flexibility index (Phi) is 2.79. The number of esters is 1. The van der Waals surface area contributed by atoms with E-state index in [1.165, 1.54) is 7.11 Å². The molecule has 0 spiro atoms. The molecule has 3 heterocycles. The van der Waals surface area contributed by atoms with E-state index in [0.29, 0.717) is 17.2 Å². The van der Waals surface area contributed by atoms with E-state index in [2.05, 4.69) is 20.8 Å². The van der Waals surface area contributed by atoms with Gasteiger partial charge >= 0.3 is 5.97 Å². The van der Waals surface area contributed by atoms with Gasteiger partial charge in [-0.25, -0.2) is 4.79 Å². The lowest BCUT2D eigenvalue weighted by molar-refractivity contribution is -0.136. The second-order valence-corrected chi connectivity index (χ2v) is 4.84. The van der Waals surface area contributed by atoms with Crippen molar-refractivity contribution in [1.29, 1.82) is 0 Å². The Morgan fingerprint density at radius 2 is 2.42 bits per heavy atom. The van der Waals surface area contributed by atoms with Crippen LogP contribution in [0.2, 0.25) is 0 Å². The Hall–Kier alpha value is -2.22. The predicted octanol–water partition coefficient (Wildman–Crippen LogP) is 1.20. The van der Waals surface area contributed by atoms with E-state index in [9.17, 15) is 4.79 Å². The lowest BCUT2D eigenvalue weighted by atomic mass is 9.98. The van der Waals surface area contributed by atoms with Gasteiger partial charge in [0.1, 0.15) is 6.04 Å². The summed E-state index contributed by atoms with van der Waals surface area (Å²) in [6.45, 7) is 1.81. The summed E-state index contributed by atoms with van der Waals surface area (Å²) in [6, 6.07) is 1.59. The average molecular weight is 277 g/mol. The van der Waals surface area contributed by atoms with Gasteiger partial charge in [-0.1, -0.05) is 5.10 Å². The standard InChI is InChI=1S/C11H11N5O2S/c1-6-8(10(17)18-2)9(7-3-4-19-5-7)16-11(12-6)13-14-15-16/h3-5,9H,1-2H3,(H,12,13,15)/t9-/m0/s1. The normalized spacial score (nSPS) is 17.9. The van der Waals surface area contributed by atoms with Crippen LogP contribution in [-0.4, -0.2) is 33.3 Å². The van der Waals surface area contributed by atoms with Crippen molar-refractivity contribution in [3.8, 4) is 0 Å². The van der Waals surface area contributed by atoms with Gasteiger partial charge < -0.3 is 10.1 Å². The number of thiophene rings is 1. The van der Waals surface area contributed by atoms with E-state index in [1.807, 2.05) is 23.8 Å². The molecule has 1 aliphatic heterocycles. The van der Waals surface area contributed by atoms with Crippen LogP contribution in [0.4, 0.5) is 5.95 Å². The smallest absolute Gasteiger partial charge is 0.338 e. The van der Waals surface area contributed by atoms with Crippen LogP contribution in [-0.2, 0) is 9.53 Å². The third-order valence-corrected chi connectivity index (χ3v) is 3.68. The lowest BCUT2D eigenvalue weighted by Crippen LogP contribution is -2.29. The monoisotopic (exact) mass is 277 g/mol. The highest BCUT2D eigenvalue weighted by molar-refractivity contribution is 7.08. The van der Waals surface area contributed by atoms with Gasteiger partial charge in [-0.2, -0.15) is 16.0 Å². The minimum absolute atomic E-state index is 0.357. The van der Waals surface area contributed by atoms with Crippen LogP contribution < -0.4 is 5.32 Å². The van der Waals surface area contributed by atoms with E-state index in [0.717, 1.165) is 5.56 Å². The zero-order chi connectivity index (χ0) is 13.4. The number of carbonyl (C=O) groups excluding carboxylic acids is 1. The molecule has 8 heteroatoms. The molecule has 0 amide bonds. The number of nitrogens with one attached hydrogen (secondary N) is 1. The molecular weight excluding hydrogens is 266 g/mol. The number of hydrogen-bond donors (Lipinski definition) is 1. The average Bonchev–Trinajstić information content (AvgIpc) is 3.06. The summed E-state index contributed by atoms with van der Waals surface area (Å²) in [4.78, 5) is 12.0. The van der Waals surface area contributed by atoms with Crippen molar-refractivity contribution in [3.05, 3.63) is 33.7 Å². The molecule has 0 saturated carbocycles. The van der Waals surface area contributed by atoms with Crippen LogP contribution in [0, 0.1) is 0 Å². The molecule has 1 atom stereocenters. The molecule has 0 bridgehead atoms. The van der Waals surface area contributed by atoms with Crippen molar-refractivity contribution in [2.24, 2.45) is 0 Å². The summed E-state index contributed by atoms with van der Waals surface area (Å²) < 4.78 is 6.45. The Morgan fingerprint density at radius 1 is 1.58 bits per heavy atom. The number of allylic oxidation sites excluding steroid dienone is 1. The zero-order valence-electron chi connectivity index (χ0n) is 10.3. The molecule has 2 aromatic heterocycles. The summed E-state index contributed by atoms with van der Waals surface area (Å²) in [5.74, 6) is 0.128. The third-order valence-electron chi connectivity index (χ3n) is 2.98. The van der Waals surface area contributed by atoms with Crippen LogP contribution in [0.1, 0.15) is 18.5 Å². The molecule has 0 fully saturated rings. The van der Waals surface area contributed by atoms with Gasteiger partial charge in [0, 0.05) is 5.70 Å². The van der Waals surface area contributed by atoms with E-state index in [1.54, 1.807) is 16.0 Å². The number of rotatable bonds is 2. The second-order valence-electron chi connectivity index (χ2n) is 4.06. The largest absolute Gasteiger partial charge is 0.466 e. The molecule has 19 heavy (non-hydrogen) atoms. The van der Waals surface area contributed by atoms with Crippen LogP contribution in [0.25, 0.3) is 0 Å². The number of tetrazole rings is 1. The Bertz CT molecular complexity index is 646. The molecule has 0 saturated heterocycles. The van der Waals surface area contributed by atoms with Crippen LogP contribution in [0.15, 0.2) is 28.1 Å². The van der Waals surface area contributed by atoms with E-state index >= 15 is 0 Å². The highest BCUT2D eigenvalue weighted by Gasteiger charge is 2.34. The quantitative estimate of drug-likeness (QED) is 0.830. The molecule has 1 N–H and O–H groups in total. The van der Waals surface area contributed by atoms with Crippen molar-refractivity contribution in [1.82, 2.24) is 20.2 Å². The summed E-state index contributed by atoms with van der Waals surface area (Å²) in [5, 5.41) is 18.4. The molecule has 3 rings (SSSR count). The van der Waals surface area contributed by atoms with Crippen molar-refractivity contribution >= 4 is 23.3 Å². The SMILES string of the molecule is COC(=O)C1=C(C)Nc2nnnn2[C@H]1c1ccsc1. The fraction of sp³-hybridized carbons (Fsp3) is 0.273. The maximum Gasteiger partial charge on any atom is 0.338 e. The molecule has 1 aliphatic rings. The number of carbonyl (C=O) groups is 1. The van der Waals surface area contributed by atoms with Crippen LogP contribution >= 0.6 is 11.3 Å². The highest BCUT2D eigenvalue weighted by Crippen LogP contribution is 2.35. The fourth-order valence-electron chi connectivity index (χ4n) is 2.13. The molecule has 0 aromatic carbocycles. The summed E-state index contributed by atoms with van der Waals surface area (Å²) in [6.07, 6.45) is 0. The highest BCUT2D eigenvalue weighted by atomic mass is 32.1. The number of ether oxygens (including phenoxy) is 1. The Labute approximate surface area is 112 Å². The molecular formula is C11H11N5O2S. The molecule has 98 valence electrons. The number of methoxy groups -OCH3 is 1. The summed E-state index contributed by atoms with van der Waals surface area (Å²) in [5.41, 5.74) is 2.17. The number of fused-ring (bicyclic) bond motifs is 1. The maximum atomic E-state index is 12.0. The number of aromatic nitrogens is 4. The third kappa shape index (κ3) is 1.80. The topological polar surface area (TPSA) is 81.9 Å². The first kappa shape index (κ1) is 11.8. The van der Waals surface area contributed by atoms with Gasteiger partial charge in [-0.3, -0.25) is 0 Å². The van der Waals surface area contributed by atoms with Crippen LogP contribution in [0.3, 0.4) is 0 Å². The van der Waals surface area contributed by atoms with Gasteiger partial charge in [0.05, 0.1) is 12.7 Å². The van der Waals surface area contributed by atoms with Gasteiger partial charge in [-0.15, -0.1) is 0 Å². The lowest BCUT2D eigenvalue weighted by Gasteiger charge is -2.26. The number of nitrogens with zero attached hydrogens (tertiary/aromatic N) is 4. The van der Waals surface area contributed by atoms with Gasteiger partial charge in [-0.05, 0) is 39.7 Å². The molecule has 0 aliphatic carbocycles. The minimum Gasteiger partial charge on any atom is -0.466 e. The second kappa shape index (κ2) is 4.47. The molecule has 7 nitrogen and oxygen atoms in total. The van der Waals surface area contributed by atoms with Gasteiger partial charge in [0.25, 0.3) is 0 Å². The first-order chi connectivity index (χ1) is 9.22. The van der Waals surface area contributed by atoms with Crippen molar-refractivity contribution in [2.45, 2.75) is 13.0 Å². The number of anilines is 1. The summed E-state index contributed by atoms with van der Waals surface area (Å²) in [7, 11) is 1.36. The Balaban J connectivity index is 2.18. The maximum absolute atomic E-state index is 12.0. The van der Waals surface area contributed by atoms with Gasteiger partial charge in [0.15, 0.2) is 0 Å². The molecule has 0 unspecified atom stereocenters. The van der Waals surface area contributed by atoms with E-state index in [-0.39, 0.29) is 12.0 Å². The first-order valence-electron chi connectivity index (χ1n) is 5.58. The van der Waals surface area contributed by atoms with Crippen molar-refractivity contribution in [2.75, 3.05) is 12.4 Å².